The molecule has 0 saturated carbocycles. The molecule has 0 aliphatic rings. The van der Waals surface area contributed by atoms with Crippen LogP contribution in [0.1, 0.15) is 27.8 Å². The van der Waals surface area contributed by atoms with Crippen molar-refractivity contribution in [3.8, 4) is 0 Å². The summed E-state index contributed by atoms with van der Waals surface area (Å²) in [5.74, 6) is -0.797. The maximum atomic E-state index is 13.2. The van der Waals surface area contributed by atoms with E-state index in [0.717, 1.165) is 0 Å². The zero-order valence-corrected chi connectivity index (χ0v) is 13.6. The first-order chi connectivity index (χ1) is 11.9. The number of benzene rings is 1. The summed E-state index contributed by atoms with van der Waals surface area (Å²) in [4.78, 5) is 28.7. The minimum absolute atomic E-state index is 0.0788. The molecule has 0 aliphatic heterocycles. The molecule has 0 spiro atoms. The molecule has 3 aromatic rings. The molecule has 1 atom stereocenters. The zero-order chi connectivity index (χ0) is 18.1. The average Bonchev–Trinajstić information content (AvgIpc) is 2.92. The first kappa shape index (κ1) is 16.8. The highest BCUT2D eigenvalue weighted by molar-refractivity contribution is 6.06. The average molecular weight is 345 g/mol. The highest BCUT2D eigenvalue weighted by atomic mass is 19.1. The lowest BCUT2D eigenvalue weighted by molar-refractivity contribution is 0.0916. The summed E-state index contributed by atoms with van der Waals surface area (Å²) in [6.45, 7) is 1.41. The Kier molecular flexibility index (Phi) is 4.37. The third kappa shape index (κ3) is 3.16. The van der Waals surface area contributed by atoms with Crippen LogP contribution >= 0.6 is 0 Å². The molecule has 1 amide bonds. The van der Waals surface area contributed by atoms with Crippen LogP contribution in [0.3, 0.4) is 0 Å². The number of aromatic nitrogens is 2. The molecule has 130 valence electrons. The van der Waals surface area contributed by atoms with Crippen LogP contribution in [-0.2, 0) is 7.05 Å². The molecule has 0 radical (unpaired) electrons. The minimum atomic E-state index is -1.08. The van der Waals surface area contributed by atoms with E-state index in [9.17, 15) is 19.1 Å². The number of hydrogen-bond donors (Lipinski definition) is 2. The maximum absolute atomic E-state index is 13.2. The number of halogens is 1. The Morgan fingerprint density at radius 3 is 2.96 bits per heavy atom. The van der Waals surface area contributed by atoms with Gasteiger partial charge >= 0.3 is 0 Å². The summed E-state index contributed by atoms with van der Waals surface area (Å²) in [6.07, 6.45) is 0.224. The fourth-order valence-electron chi connectivity index (χ4n) is 2.57. The third-order valence-electron chi connectivity index (χ3n) is 3.86. The van der Waals surface area contributed by atoms with E-state index in [-0.39, 0.29) is 29.0 Å². The van der Waals surface area contributed by atoms with Gasteiger partial charge in [-0.05, 0) is 24.6 Å². The second-order valence-electron chi connectivity index (χ2n) is 5.65. The van der Waals surface area contributed by atoms with Gasteiger partial charge in [-0.15, -0.1) is 0 Å². The van der Waals surface area contributed by atoms with Gasteiger partial charge in [-0.3, -0.25) is 9.59 Å². The molecular formula is C17H16FN3O4. The normalized spacial score (nSPS) is 12.3. The molecule has 0 fully saturated rings. The quantitative estimate of drug-likeness (QED) is 0.746. The SMILES string of the molecule is Cc1oc2ncn(C)c(=O)c2c1C(=O)NCC(O)c1cccc(F)c1. The third-order valence-corrected chi connectivity index (χ3v) is 3.86. The van der Waals surface area contributed by atoms with Crippen molar-refractivity contribution in [3.05, 3.63) is 63.7 Å². The van der Waals surface area contributed by atoms with Gasteiger partial charge in [0.1, 0.15) is 23.3 Å². The van der Waals surface area contributed by atoms with Gasteiger partial charge in [-0.25, -0.2) is 9.37 Å². The molecule has 0 aliphatic carbocycles. The Morgan fingerprint density at radius 2 is 2.24 bits per heavy atom. The lowest BCUT2D eigenvalue weighted by Gasteiger charge is -2.12. The van der Waals surface area contributed by atoms with Crippen LogP contribution in [0.25, 0.3) is 11.1 Å². The Balaban J connectivity index is 1.85. The van der Waals surface area contributed by atoms with E-state index in [4.69, 9.17) is 4.42 Å². The number of carbonyl (C=O) groups excluding carboxylic acids is 1. The predicted octanol–water partition coefficient (Wildman–Crippen LogP) is 1.44. The highest BCUT2D eigenvalue weighted by Crippen LogP contribution is 2.21. The number of aryl methyl sites for hydroxylation is 2. The standard InChI is InChI=1S/C17H16FN3O4/c1-9-13(14-16(25-9)20-8-21(2)17(14)24)15(23)19-7-12(22)10-4-3-5-11(18)6-10/h3-6,8,12,22H,7H2,1-2H3,(H,19,23). The molecule has 0 bridgehead atoms. The number of hydrogen-bond acceptors (Lipinski definition) is 5. The molecule has 2 heterocycles. The topological polar surface area (TPSA) is 97.4 Å². The van der Waals surface area contributed by atoms with E-state index in [1.807, 2.05) is 0 Å². The van der Waals surface area contributed by atoms with Crippen molar-refractivity contribution in [1.82, 2.24) is 14.9 Å². The number of aliphatic hydroxyl groups is 1. The van der Waals surface area contributed by atoms with E-state index >= 15 is 0 Å². The number of nitrogens with one attached hydrogen (secondary N) is 1. The first-order valence-electron chi connectivity index (χ1n) is 7.55. The Labute approximate surface area is 141 Å². The molecule has 2 aromatic heterocycles. The molecular weight excluding hydrogens is 329 g/mol. The van der Waals surface area contributed by atoms with Crippen molar-refractivity contribution in [1.29, 1.82) is 0 Å². The van der Waals surface area contributed by atoms with Gasteiger partial charge in [0.05, 0.1) is 11.7 Å². The van der Waals surface area contributed by atoms with E-state index in [1.165, 1.54) is 36.1 Å². The van der Waals surface area contributed by atoms with Crippen LogP contribution in [0.2, 0.25) is 0 Å². The molecule has 7 nitrogen and oxygen atoms in total. The summed E-state index contributed by atoms with van der Waals surface area (Å²) >= 11 is 0. The Morgan fingerprint density at radius 1 is 1.48 bits per heavy atom. The smallest absolute Gasteiger partial charge is 0.265 e. The molecule has 1 unspecified atom stereocenters. The molecule has 3 rings (SSSR count). The van der Waals surface area contributed by atoms with E-state index in [0.29, 0.717) is 5.56 Å². The number of fused-ring (bicyclic) bond motifs is 1. The van der Waals surface area contributed by atoms with E-state index < -0.39 is 23.4 Å². The summed E-state index contributed by atoms with van der Waals surface area (Å²) < 4.78 is 19.8. The molecule has 25 heavy (non-hydrogen) atoms. The van der Waals surface area contributed by atoms with Crippen LogP contribution in [0.15, 0.2) is 39.8 Å². The molecule has 1 aromatic carbocycles. The zero-order valence-electron chi connectivity index (χ0n) is 13.6. The van der Waals surface area contributed by atoms with Gasteiger partial charge in [-0.1, -0.05) is 12.1 Å². The van der Waals surface area contributed by atoms with E-state index in [2.05, 4.69) is 10.3 Å². The number of aliphatic hydroxyl groups excluding tert-OH is 1. The number of rotatable bonds is 4. The summed E-state index contributed by atoms with van der Waals surface area (Å²) in [7, 11) is 1.52. The number of carbonyl (C=O) groups is 1. The van der Waals surface area contributed by atoms with Crippen molar-refractivity contribution in [2.24, 2.45) is 7.05 Å². The fraction of sp³-hybridized carbons (Fsp3) is 0.235. The van der Waals surface area contributed by atoms with Crippen LogP contribution in [0.5, 0.6) is 0 Å². The van der Waals surface area contributed by atoms with Gasteiger partial charge in [0.2, 0.25) is 5.71 Å². The number of amides is 1. The monoisotopic (exact) mass is 345 g/mol. The van der Waals surface area contributed by atoms with Crippen molar-refractivity contribution in [3.63, 3.8) is 0 Å². The van der Waals surface area contributed by atoms with Gasteiger partial charge in [0, 0.05) is 13.6 Å². The summed E-state index contributed by atoms with van der Waals surface area (Å²) in [6, 6.07) is 5.48. The predicted molar refractivity (Wildman–Crippen MR) is 87.7 cm³/mol. The van der Waals surface area contributed by atoms with E-state index in [1.54, 1.807) is 13.0 Å². The molecule has 8 heteroatoms. The largest absolute Gasteiger partial charge is 0.442 e. The second kappa shape index (κ2) is 6.48. The van der Waals surface area contributed by atoms with Crippen LogP contribution < -0.4 is 10.9 Å². The van der Waals surface area contributed by atoms with Gasteiger partial charge in [0.15, 0.2) is 0 Å². The molecule has 2 N–H and O–H groups in total. The van der Waals surface area contributed by atoms with Gasteiger partial charge in [0.25, 0.3) is 11.5 Å². The van der Waals surface area contributed by atoms with Crippen molar-refractivity contribution >= 4 is 17.0 Å². The summed E-state index contributed by atoms with van der Waals surface area (Å²) in [5, 5.41) is 12.7. The van der Waals surface area contributed by atoms with Crippen LogP contribution in [0, 0.1) is 12.7 Å². The van der Waals surface area contributed by atoms with Crippen molar-refractivity contribution in [2.45, 2.75) is 13.0 Å². The Hall–Kier alpha value is -3.00. The fourth-order valence-corrected chi connectivity index (χ4v) is 2.57. The maximum Gasteiger partial charge on any atom is 0.265 e. The van der Waals surface area contributed by atoms with Crippen LogP contribution in [0.4, 0.5) is 4.39 Å². The number of nitrogens with zero attached hydrogens (tertiary/aromatic N) is 2. The first-order valence-corrected chi connectivity index (χ1v) is 7.55. The number of furan rings is 1. The highest BCUT2D eigenvalue weighted by Gasteiger charge is 2.23. The van der Waals surface area contributed by atoms with Crippen molar-refractivity contribution in [2.75, 3.05) is 6.54 Å². The molecule has 0 saturated heterocycles. The lowest BCUT2D eigenvalue weighted by atomic mass is 10.1. The van der Waals surface area contributed by atoms with Gasteiger partial charge < -0.3 is 19.4 Å². The lowest BCUT2D eigenvalue weighted by Crippen LogP contribution is -2.30. The van der Waals surface area contributed by atoms with Crippen molar-refractivity contribution < 1.29 is 18.7 Å². The van der Waals surface area contributed by atoms with Crippen LogP contribution in [-0.4, -0.2) is 27.1 Å². The second-order valence-corrected chi connectivity index (χ2v) is 5.65. The van der Waals surface area contributed by atoms with Gasteiger partial charge in [-0.2, -0.15) is 0 Å². The summed E-state index contributed by atoms with van der Waals surface area (Å²) in [5.41, 5.74) is 0.0934. The minimum Gasteiger partial charge on any atom is -0.442 e. The Bertz CT molecular complexity index is 1010.